The van der Waals surface area contributed by atoms with Crippen LogP contribution in [-0.4, -0.2) is 41.0 Å². The minimum absolute atomic E-state index is 0.183. The number of piperidine rings is 1. The van der Waals surface area contributed by atoms with Gasteiger partial charge in [0, 0.05) is 24.9 Å². The zero-order valence-corrected chi connectivity index (χ0v) is 16.1. The van der Waals surface area contributed by atoms with Crippen LogP contribution < -0.4 is 0 Å². The number of carbonyl (C=O) groups is 1. The Bertz CT molecular complexity index is 535. The lowest BCUT2D eigenvalue weighted by molar-refractivity contribution is -0.0184. The third kappa shape index (κ3) is 3.27. The van der Waals surface area contributed by atoms with E-state index in [1.54, 1.807) is 0 Å². The molecule has 2 fully saturated rings. The first-order valence-corrected chi connectivity index (χ1v) is 9.23. The van der Waals surface area contributed by atoms with Crippen LogP contribution in [0, 0.1) is 29.6 Å². The van der Waals surface area contributed by atoms with Crippen LogP contribution in [0.3, 0.4) is 0 Å². The molecule has 5 nitrogen and oxygen atoms in total. The number of hydrogen-bond acceptors (Lipinski definition) is 4. The van der Waals surface area contributed by atoms with Crippen LogP contribution in [0.5, 0.6) is 0 Å². The highest BCUT2D eigenvalue weighted by atomic mass is 16.7. The third-order valence-corrected chi connectivity index (χ3v) is 5.48. The zero-order valence-electron chi connectivity index (χ0n) is 16.1. The standard InChI is InChI=1S/C19H32N2O3/c1-11(2)8-14-16(20-24-19(14,6)7)15-12-9-21(10-13(12)15)17(22)23-18(3,4)5/h11-15H,8-10H2,1-7H3/t12-,13?,14?,15?/m1/s1. The van der Waals surface area contributed by atoms with E-state index < -0.39 is 5.60 Å². The molecule has 4 atom stereocenters. The summed E-state index contributed by atoms with van der Waals surface area (Å²) in [6, 6.07) is 0. The molecule has 0 N–H and O–H groups in total. The van der Waals surface area contributed by atoms with Gasteiger partial charge in [-0.1, -0.05) is 19.0 Å². The van der Waals surface area contributed by atoms with Crippen molar-refractivity contribution in [2.75, 3.05) is 13.1 Å². The number of amides is 1. The van der Waals surface area contributed by atoms with E-state index in [4.69, 9.17) is 9.57 Å². The normalized spacial score (nSPS) is 34.0. The highest BCUT2D eigenvalue weighted by Crippen LogP contribution is 2.56. The Morgan fingerprint density at radius 2 is 1.92 bits per heavy atom. The van der Waals surface area contributed by atoms with Gasteiger partial charge in [0.1, 0.15) is 11.2 Å². The lowest BCUT2D eigenvalue weighted by Crippen LogP contribution is -2.39. The van der Waals surface area contributed by atoms with Crippen LogP contribution in [0.4, 0.5) is 4.79 Å². The van der Waals surface area contributed by atoms with E-state index >= 15 is 0 Å². The number of oxime groups is 1. The van der Waals surface area contributed by atoms with Crippen molar-refractivity contribution < 1.29 is 14.4 Å². The highest BCUT2D eigenvalue weighted by Gasteiger charge is 2.62. The molecule has 3 rings (SSSR count). The summed E-state index contributed by atoms with van der Waals surface area (Å²) in [4.78, 5) is 19.8. The predicted octanol–water partition coefficient (Wildman–Crippen LogP) is 3.93. The first-order chi connectivity index (χ1) is 11.0. The van der Waals surface area contributed by atoms with Gasteiger partial charge in [-0.2, -0.15) is 0 Å². The molecule has 0 radical (unpaired) electrons. The van der Waals surface area contributed by atoms with Crippen LogP contribution in [0.1, 0.15) is 54.9 Å². The monoisotopic (exact) mass is 336 g/mol. The zero-order chi connectivity index (χ0) is 17.9. The number of nitrogens with zero attached hydrogens (tertiary/aromatic N) is 2. The molecule has 5 heteroatoms. The molecule has 3 aliphatic rings. The van der Waals surface area contributed by atoms with Crippen molar-refractivity contribution in [3.05, 3.63) is 0 Å². The van der Waals surface area contributed by atoms with E-state index in [9.17, 15) is 4.79 Å². The van der Waals surface area contributed by atoms with Crippen molar-refractivity contribution in [1.29, 1.82) is 0 Å². The second kappa shape index (κ2) is 5.63. The summed E-state index contributed by atoms with van der Waals surface area (Å²) in [7, 11) is 0. The van der Waals surface area contributed by atoms with Crippen LogP contribution in [0.25, 0.3) is 0 Å². The van der Waals surface area contributed by atoms with Crippen LogP contribution in [0.2, 0.25) is 0 Å². The van der Waals surface area contributed by atoms with Gasteiger partial charge in [0.25, 0.3) is 0 Å². The van der Waals surface area contributed by atoms with Gasteiger partial charge < -0.3 is 14.5 Å². The maximum absolute atomic E-state index is 12.2. The van der Waals surface area contributed by atoms with Gasteiger partial charge in [-0.25, -0.2) is 4.79 Å². The summed E-state index contributed by atoms with van der Waals surface area (Å²) < 4.78 is 5.49. The summed E-state index contributed by atoms with van der Waals surface area (Å²) in [5.74, 6) is 2.57. The Labute approximate surface area is 145 Å². The van der Waals surface area contributed by atoms with Crippen molar-refractivity contribution in [2.45, 2.75) is 66.1 Å². The molecule has 0 aromatic rings. The highest BCUT2D eigenvalue weighted by molar-refractivity contribution is 5.94. The van der Waals surface area contributed by atoms with Gasteiger partial charge in [0.05, 0.1) is 5.71 Å². The molecule has 0 bridgehead atoms. The number of rotatable bonds is 3. The molecule has 2 heterocycles. The van der Waals surface area contributed by atoms with E-state index in [0.29, 0.717) is 29.6 Å². The Hall–Kier alpha value is -1.26. The van der Waals surface area contributed by atoms with Gasteiger partial charge in [-0.05, 0) is 58.8 Å². The van der Waals surface area contributed by atoms with Gasteiger partial charge in [-0.3, -0.25) is 0 Å². The molecule has 1 saturated carbocycles. The first kappa shape index (κ1) is 17.6. The van der Waals surface area contributed by atoms with Crippen molar-refractivity contribution >= 4 is 11.8 Å². The Morgan fingerprint density at radius 1 is 1.33 bits per heavy atom. The summed E-state index contributed by atoms with van der Waals surface area (Å²) in [6.45, 7) is 16.1. The first-order valence-electron chi connectivity index (χ1n) is 9.23. The van der Waals surface area contributed by atoms with E-state index in [2.05, 4.69) is 32.9 Å². The van der Waals surface area contributed by atoms with E-state index in [1.807, 2.05) is 25.7 Å². The number of ether oxygens (including phenoxy) is 1. The summed E-state index contributed by atoms with van der Waals surface area (Å²) in [5.41, 5.74) is 0.605. The average molecular weight is 336 g/mol. The molecule has 24 heavy (non-hydrogen) atoms. The molecule has 1 saturated heterocycles. The molecule has 0 aromatic carbocycles. The number of likely N-dealkylation sites (tertiary alicyclic amines) is 1. The van der Waals surface area contributed by atoms with Gasteiger partial charge in [-0.15, -0.1) is 0 Å². The van der Waals surface area contributed by atoms with Gasteiger partial charge in [0.2, 0.25) is 0 Å². The number of carbonyl (C=O) groups excluding carboxylic acids is 1. The summed E-state index contributed by atoms with van der Waals surface area (Å²) >= 11 is 0. The molecule has 136 valence electrons. The van der Waals surface area contributed by atoms with Crippen molar-refractivity contribution in [3.63, 3.8) is 0 Å². The molecule has 0 aromatic heterocycles. The third-order valence-electron chi connectivity index (χ3n) is 5.48. The molecule has 2 aliphatic heterocycles. The topological polar surface area (TPSA) is 51.1 Å². The van der Waals surface area contributed by atoms with Crippen molar-refractivity contribution in [1.82, 2.24) is 4.90 Å². The fourth-order valence-corrected chi connectivity index (χ4v) is 4.26. The van der Waals surface area contributed by atoms with Crippen molar-refractivity contribution in [2.24, 2.45) is 34.7 Å². The van der Waals surface area contributed by atoms with Crippen LogP contribution in [0.15, 0.2) is 5.16 Å². The van der Waals surface area contributed by atoms with Gasteiger partial charge >= 0.3 is 6.09 Å². The molecular weight excluding hydrogens is 304 g/mol. The lowest BCUT2D eigenvalue weighted by atomic mass is 9.79. The smallest absolute Gasteiger partial charge is 0.410 e. The average Bonchev–Trinajstić information content (AvgIpc) is 2.76. The maximum atomic E-state index is 12.2. The Kier molecular flexibility index (Phi) is 4.12. The largest absolute Gasteiger partial charge is 0.444 e. The fraction of sp³-hybridized carbons (Fsp3) is 0.895. The molecule has 1 amide bonds. The Morgan fingerprint density at radius 3 is 2.42 bits per heavy atom. The predicted molar refractivity (Wildman–Crippen MR) is 93.8 cm³/mol. The molecule has 0 spiro atoms. The summed E-state index contributed by atoms with van der Waals surface area (Å²) in [6.07, 6.45) is 0.925. The van der Waals surface area contributed by atoms with Crippen molar-refractivity contribution in [3.8, 4) is 0 Å². The minimum Gasteiger partial charge on any atom is -0.444 e. The SMILES string of the molecule is CC(C)CC1C(C2C3CN(C(=O)OC(C)(C)C)C[C@H]32)=NOC1(C)C. The minimum atomic E-state index is -0.432. The fourth-order valence-electron chi connectivity index (χ4n) is 4.26. The quantitative estimate of drug-likeness (QED) is 0.785. The van der Waals surface area contributed by atoms with E-state index in [-0.39, 0.29) is 11.7 Å². The second-order valence-electron chi connectivity index (χ2n) is 9.63. The second-order valence-corrected chi connectivity index (χ2v) is 9.63. The maximum Gasteiger partial charge on any atom is 0.410 e. The Balaban J connectivity index is 1.60. The number of fused-ring (bicyclic) bond motifs is 1. The molecule has 3 unspecified atom stereocenters. The number of hydrogen-bond donors (Lipinski definition) is 0. The summed E-state index contributed by atoms with van der Waals surface area (Å²) in [5, 5.41) is 4.48. The molecular formula is C19H32N2O3. The lowest BCUT2D eigenvalue weighted by Gasteiger charge is -2.28. The van der Waals surface area contributed by atoms with E-state index in [1.165, 1.54) is 5.71 Å². The molecule has 1 aliphatic carbocycles. The van der Waals surface area contributed by atoms with E-state index in [0.717, 1.165) is 19.5 Å². The van der Waals surface area contributed by atoms with Crippen LogP contribution >= 0.6 is 0 Å². The van der Waals surface area contributed by atoms with Crippen LogP contribution in [-0.2, 0) is 9.57 Å². The van der Waals surface area contributed by atoms with Gasteiger partial charge in [0.15, 0.2) is 0 Å².